The van der Waals surface area contributed by atoms with Crippen molar-refractivity contribution in [1.82, 2.24) is 39.3 Å². The minimum atomic E-state index is -0.969. The van der Waals surface area contributed by atoms with Crippen LogP contribution in [0.15, 0.2) is 36.7 Å². The summed E-state index contributed by atoms with van der Waals surface area (Å²) in [5, 5.41) is 19.1. The van der Waals surface area contributed by atoms with Gasteiger partial charge in [0.05, 0.1) is 35.9 Å². The number of esters is 2. The maximum atomic E-state index is 13.6. The van der Waals surface area contributed by atoms with Crippen molar-refractivity contribution >= 4 is 69.1 Å². The summed E-state index contributed by atoms with van der Waals surface area (Å²) >= 11 is 0. The Hall–Kier alpha value is -6.44. The van der Waals surface area contributed by atoms with Crippen molar-refractivity contribution in [2.24, 2.45) is 35.3 Å². The molecule has 6 fully saturated rings. The third-order valence-corrected chi connectivity index (χ3v) is 16.0. The van der Waals surface area contributed by atoms with Crippen molar-refractivity contribution < 1.29 is 52.9 Å². The van der Waals surface area contributed by atoms with Gasteiger partial charge in [0.15, 0.2) is 28.6 Å². The first kappa shape index (κ1) is 54.8. The average Bonchev–Trinajstić information content (AvgIpc) is 4.12. The smallest absolute Gasteiger partial charge is 0.326 e. The predicted octanol–water partition coefficient (Wildman–Crippen LogP) is 6.29. The molecule has 3 N–H and O–H groups in total. The van der Waals surface area contributed by atoms with E-state index in [4.69, 9.17) is 15.2 Å². The second kappa shape index (κ2) is 24.5. The highest BCUT2D eigenvalue weighted by Gasteiger charge is 2.57. The Kier molecular flexibility index (Phi) is 17.9. The van der Waals surface area contributed by atoms with Crippen molar-refractivity contribution in [3.63, 3.8) is 0 Å². The summed E-state index contributed by atoms with van der Waals surface area (Å²) in [6, 6.07) is 5.35. The monoisotopic (exact) mass is 1040 g/mol. The number of amides is 2. The lowest BCUT2D eigenvalue weighted by Gasteiger charge is -2.29. The highest BCUT2D eigenvalue weighted by atomic mass is 16.5. The first-order chi connectivity index (χ1) is 36.1. The van der Waals surface area contributed by atoms with Crippen LogP contribution in [0.4, 0.5) is 0 Å². The minimum Gasteiger partial charge on any atom is -0.480 e. The Bertz CT molecular complexity index is 2760. The molecule has 4 aromatic heterocycles. The number of fused-ring (bicyclic) bond motifs is 4. The van der Waals surface area contributed by atoms with Gasteiger partial charge in [-0.05, 0) is 100 Å². The van der Waals surface area contributed by atoms with E-state index in [1.807, 2.05) is 6.92 Å². The van der Waals surface area contributed by atoms with E-state index in [0.29, 0.717) is 78.2 Å². The Labute approximate surface area is 436 Å². The van der Waals surface area contributed by atoms with E-state index in [1.165, 1.54) is 79.5 Å². The number of piperidine rings is 2. The van der Waals surface area contributed by atoms with Gasteiger partial charge in [0.1, 0.15) is 36.6 Å². The summed E-state index contributed by atoms with van der Waals surface area (Å²) in [6.07, 6.45) is 19.8. The van der Waals surface area contributed by atoms with Gasteiger partial charge in [-0.3, -0.25) is 33.6 Å². The van der Waals surface area contributed by atoms with E-state index < -0.39 is 30.0 Å². The molecule has 10 rings (SSSR count). The molecular weight excluding hydrogens is 963 g/mol. The molecule has 20 heteroatoms. The number of Topliss-reactive ketones (excluding diaryl/α,β-unsaturated/α-hetero) is 3. The van der Waals surface area contributed by atoms with Crippen LogP contribution in [0.3, 0.4) is 0 Å². The molecule has 4 saturated carbocycles. The lowest BCUT2D eigenvalue weighted by Crippen LogP contribution is -2.45. The van der Waals surface area contributed by atoms with E-state index in [0.717, 1.165) is 32.1 Å². The molecule has 404 valence electrons. The van der Waals surface area contributed by atoms with Crippen molar-refractivity contribution in [2.45, 2.75) is 180 Å². The number of ether oxygens (including phenoxy) is 2. The molecule has 4 aliphatic carbocycles. The lowest BCUT2D eigenvalue weighted by molar-refractivity contribution is -0.151. The van der Waals surface area contributed by atoms with Crippen molar-refractivity contribution in [3.8, 4) is 0 Å². The van der Waals surface area contributed by atoms with Gasteiger partial charge in [0, 0.05) is 44.7 Å². The number of pyridine rings is 2. The van der Waals surface area contributed by atoms with Gasteiger partial charge < -0.3 is 30.1 Å². The average molecular weight is 1040 g/mol. The number of likely N-dealkylation sites (tertiary alicyclic amines) is 2. The zero-order valence-corrected chi connectivity index (χ0v) is 43.8. The number of carboxylic acid groups (broad SMARTS) is 1. The van der Waals surface area contributed by atoms with E-state index in [-0.39, 0.29) is 84.1 Å². The number of nitrogens with zero attached hydrogens (tertiary/aromatic N) is 8. The summed E-state index contributed by atoms with van der Waals surface area (Å²) in [7, 11) is 0. The molecule has 6 aliphatic rings. The van der Waals surface area contributed by atoms with Crippen molar-refractivity contribution in [2.75, 3.05) is 13.2 Å². The minimum absolute atomic E-state index is 0.0284. The van der Waals surface area contributed by atoms with Crippen LogP contribution in [0.5, 0.6) is 0 Å². The highest BCUT2D eigenvalue weighted by Crippen LogP contribution is 2.49. The van der Waals surface area contributed by atoms with Crippen LogP contribution in [0.1, 0.15) is 158 Å². The summed E-state index contributed by atoms with van der Waals surface area (Å²) in [4.78, 5) is 111. The number of hydrogen-bond donors (Lipinski definition) is 2. The topological polar surface area (TPSA) is 269 Å². The largest absolute Gasteiger partial charge is 0.480 e. The van der Waals surface area contributed by atoms with Crippen LogP contribution < -0.4 is 5.73 Å². The van der Waals surface area contributed by atoms with Crippen molar-refractivity contribution in [1.29, 1.82) is 0 Å². The fourth-order valence-electron chi connectivity index (χ4n) is 12.2. The fraction of sp³-hybridized carbons (Fsp3) is 0.636. The second-order valence-electron chi connectivity index (χ2n) is 21.4. The molecule has 8 atom stereocenters. The van der Waals surface area contributed by atoms with Gasteiger partial charge in [-0.2, -0.15) is 10.2 Å². The Morgan fingerprint density at radius 1 is 0.640 bits per heavy atom. The number of hydrogen-bond acceptors (Lipinski definition) is 15. The molecule has 0 bridgehead atoms. The van der Waals surface area contributed by atoms with E-state index in [2.05, 4.69) is 20.2 Å². The van der Waals surface area contributed by atoms with Crippen molar-refractivity contribution in [3.05, 3.63) is 48.0 Å². The summed E-state index contributed by atoms with van der Waals surface area (Å²) < 4.78 is 13.1. The number of aromatic nitrogens is 6. The normalized spacial score (nSPS) is 23.6. The molecule has 0 spiro atoms. The van der Waals surface area contributed by atoms with Crippen LogP contribution in [0, 0.1) is 29.6 Å². The van der Waals surface area contributed by atoms with Crippen LogP contribution in [0.2, 0.25) is 0 Å². The van der Waals surface area contributed by atoms with Crippen LogP contribution >= 0.6 is 0 Å². The molecule has 75 heavy (non-hydrogen) atoms. The SMILES string of the molecule is CC(=O)c1nn(CC(=O)N2[C@@H]3C[C@@H]3C[C@H]2C(=O)O)c2ncccc12.CCOC(=O)[C@@H](CC(=O)[C@@H]1C[C@H]2C[C@H]2N1C(=O)Cn1nc(C(C)=O)c2cccnc21)CC1CCCCC1.CCOC(=O)[C@@H](N)CC1CCCCC1. The summed E-state index contributed by atoms with van der Waals surface area (Å²) in [5.41, 5.74) is 7.25. The Balaban J connectivity index is 0.000000167. The molecule has 0 unspecified atom stereocenters. The standard InChI is InChI=1S/C28H36N4O5.C16H16N4O4.C11H21NO2/c1-3-37-28(36)20(12-18-8-5-4-6-9-18)15-24(34)23-14-19-13-22(19)32(23)25(35)16-31-27-21(10-7-11-29-27)26(30-31)17(2)33;1-8(21)14-10-3-2-4-17-15(10)19(18-14)7-13(22)20-11-5-9(11)6-12(20)16(23)24;1-2-14-11(13)10(12)8-9-6-4-3-5-7-9/h7,10-11,18-20,22-23H,3-6,8-9,12-16H2,1-2H3;2-4,9,11-12H,5-7H2,1H3,(H,23,24);9-10H,2-8,12H2,1H3/t19-,20-,22-,23+;9-,11-,12+;10-/m110/s1. The Morgan fingerprint density at radius 3 is 1.56 bits per heavy atom. The highest BCUT2D eigenvalue weighted by molar-refractivity contribution is 6.05. The molecule has 2 amide bonds. The number of carbonyl (C=O) groups excluding carboxylic acids is 7. The van der Waals surface area contributed by atoms with Crippen LogP contribution in [-0.4, -0.2) is 135 Å². The quantitative estimate of drug-likeness (QED) is 0.0819. The molecule has 2 saturated heterocycles. The van der Waals surface area contributed by atoms with E-state index >= 15 is 0 Å². The van der Waals surface area contributed by atoms with Gasteiger partial charge in [-0.25, -0.2) is 24.1 Å². The van der Waals surface area contributed by atoms with Gasteiger partial charge in [0.25, 0.3) is 0 Å². The first-order valence-corrected chi connectivity index (χ1v) is 27.2. The molecule has 4 aromatic rings. The molecule has 0 radical (unpaired) electrons. The summed E-state index contributed by atoms with van der Waals surface area (Å²) in [6.45, 7) is 6.97. The number of carbonyl (C=O) groups is 8. The number of nitrogens with two attached hydrogens (primary N) is 1. The number of carboxylic acids is 1. The zero-order chi connectivity index (χ0) is 53.5. The van der Waals surface area contributed by atoms with Gasteiger partial charge in [-0.15, -0.1) is 0 Å². The molecule has 20 nitrogen and oxygen atoms in total. The molecular formula is C55H73N9O11. The van der Waals surface area contributed by atoms with Crippen LogP contribution in [-0.2, 0) is 51.3 Å². The van der Waals surface area contributed by atoms with E-state index in [1.54, 1.807) is 48.5 Å². The third kappa shape index (κ3) is 13.0. The summed E-state index contributed by atoms with van der Waals surface area (Å²) in [5.74, 6) is -1.18. The molecule has 6 heterocycles. The predicted molar refractivity (Wildman–Crippen MR) is 274 cm³/mol. The number of rotatable bonds is 18. The fourth-order valence-corrected chi connectivity index (χ4v) is 12.2. The van der Waals surface area contributed by atoms with Crippen LogP contribution in [0.25, 0.3) is 22.1 Å². The Morgan fingerprint density at radius 2 is 1.09 bits per heavy atom. The molecule has 0 aromatic carbocycles. The zero-order valence-electron chi connectivity index (χ0n) is 43.8. The maximum absolute atomic E-state index is 13.6. The maximum Gasteiger partial charge on any atom is 0.326 e. The van der Waals surface area contributed by atoms with E-state index in [9.17, 15) is 43.5 Å². The second-order valence-corrected chi connectivity index (χ2v) is 21.4. The third-order valence-electron chi connectivity index (χ3n) is 16.0. The molecule has 2 aliphatic heterocycles. The lowest BCUT2D eigenvalue weighted by atomic mass is 9.80. The van der Waals surface area contributed by atoms with Gasteiger partial charge >= 0.3 is 17.9 Å². The van der Waals surface area contributed by atoms with Gasteiger partial charge in [-0.1, -0.05) is 64.2 Å². The number of aliphatic carboxylic acids is 1. The first-order valence-electron chi connectivity index (χ1n) is 27.2. The van der Waals surface area contributed by atoms with Gasteiger partial charge in [0.2, 0.25) is 11.8 Å². The number of ketones is 3.